The van der Waals surface area contributed by atoms with E-state index in [1.807, 2.05) is 36.4 Å². The minimum absolute atomic E-state index is 0.160. The standard InChI is InChI=1S/C17H14N4O2/c1-23-13-6-7-14-15(10-13)21-17(20-14)11-2-4-12(5-3-11)19-16(22)8-9-18/h2-7,10H,8H2,1H3,(H,19,22)(H,20,21). The minimum atomic E-state index is -0.323. The highest BCUT2D eigenvalue weighted by Crippen LogP contribution is 2.24. The van der Waals surface area contributed by atoms with Gasteiger partial charge in [0.15, 0.2) is 0 Å². The summed E-state index contributed by atoms with van der Waals surface area (Å²) in [4.78, 5) is 19.2. The Morgan fingerprint density at radius 2 is 2.09 bits per heavy atom. The molecule has 0 saturated heterocycles. The third-order valence-corrected chi connectivity index (χ3v) is 3.37. The van der Waals surface area contributed by atoms with Crippen LogP contribution in [-0.2, 0) is 4.79 Å². The average Bonchev–Trinajstić information content (AvgIpc) is 2.98. The van der Waals surface area contributed by atoms with Gasteiger partial charge in [0, 0.05) is 17.3 Å². The number of fused-ring (bicyclic) bond motifs is 1. The third kappa shape index (κ3) is 3.14. The molecule has 3 rings (SSSR count). The van der Waals surface area contributed by atoms with Gasteiger partial charge >= 0.3 is 0 Å². The van der Waals surface area contributed by atoms with Crippen molar-refractivity contribution < 1.29 is 9.53 Å². The van der Waals surface area contributed by atoms with Crippen molar-refractivity contribution in [3.8, 4) is 23.2 Å². The van der Waals surface area contributed by atoms with Crippen molar-refractivity contribution in [2.75, 3.05) is 12.4 Å². The number of benzene rings is 2. The van der Waals surface area contributed by atoms with E-state index in [-0.39, 0.29) is 12.3 Å². The van der Waals surface area contributed by atoms with Crippen LogP contribution in [0, 0.1) is 11.3 Å². The highest BCUT2D eigenvalue weighted by Gasteiger charge is 2.07. The van der Waals surface area contributed by atoms with E-state index in [1.54, 1.807) is 19.2 Å². The molecule has 0 spiro atoms. The fourth-order valence-corrected chi connectivity index (χ4v) is 2.24. The Balaban J connectivity index is 1.84. The van der Waals surface area contributed by atoms with E-state index in [9.17, 15) is 4.79 Å². The molecule has 2 N–H and O–H groups in total. The van der Waals surface area contributed by atoms with Crippen molar-refractivity contribution in [2.45, 2.75) is 6.42 Å². The second-order valence-electron chi connectivity index (χ2n) is 4.93. The first kappa shape index (κ1) is 14.6. The minimum Gasteiger partial charge on any atom is -0.497 e. The monoisotopic (exact) mass is 306 g/mol. The Morgan fingerprint density at radius 1 is 1.30 bits per heavy atom. The van der Waals surface area contributed by atoms with Crippen molar-refractivity contribution in [3.05, 3.63) is 42.5 Å². The van der Waals surface area contributed by atoms with Gasteiger partial charge in [0.05, 0.1) is 24.2 Å². The fraction of sp³-hybridized carbons (Fsp3) is 0.118. The quantitative estimate of drug-likeness (QED) is 0.775. The molecule has 0 aliphatic heterocycles. The molecule has 0 atom stereocenters. The summed E-state index contributed by atoms with van der Waals surface area (Å²) in [6.45, 7) is 0. The van der Waals surface area contributed by atoms with Gasteiger partial charge in [-0.2, -0.15) is 5.26 Å². The molecule has 0 aliphatic rings. The van der Waals surface area contributed by atoms with Gasteiger partial charge in [0.2, 0.25) is 5.91 Å². The Bertz CT molecular complexity index is 891. The Hall–Kier alpha value is -3.33. The largest absolute Gasteiger partial charge is 0.497 e. The van der Waals surface area contributed by atoms with Crippen LogP contribution in [0.5, 0.6) is 5.75 Å². The molecule has 6 heteroatoms. The maximum Gasteiger partial charge on any atom is 0.238 e. The molecular weight excluding hydrogens is 292 g/mol. The Kier molecular flexibility index (Phi) is 3.93. The number of methoxy groups -OCH3 is 1. The van der Waals surface area contributed by atoms with Gasteiger partial charge in [0.25, 0.3) is 0 Å². The molecule has 0 bridgehead atoms. The number of amides is 1. The van der Waals surface area contributed by atoms with Gasteiger partial charge in [-0.15, -0.1) is 0 Å². The fourth-order valence-electron chi connectivity index (χ4n) is 2.24. The molecule has 0 radical (unpaired) electrons. The maximum atomic E-state index is 11.4. The van der Waals surface area contributed by atoms with E-state index in [0.717, 1.165) is 28.2 Å². The van der Waals surface area contributed by atoms with Crippen LogP contribution in [0.3, 0.4) is 0 Å². The van der Waals surface area contributed by atoms with Crippen molar-refractivity contribution in [1.29, 1.82) is 5.26 Å². The second kappa shape index (κ2) is 6.20. The molecule has 2 aromatic carbocycles. The summed E-state index contributed by atoms with van der Waals surface area (Å²) in [5.74, 6) is 1.18. The Labute approximate surface area is 132 Å². The summed E-state index contributed by atoms with van der Waals surface area (Å²) < 4.78 is 5.20. The van der Waals surface area contributed by atoms with E-state index in [4.69, 9.17) is 10.00 Å². The zero-order valence-corrected chi connectivity index (χ0v) is 12.5. The Morgan fingerprint density at radius 3 is 2.78 bits per heavy atom. The van der Waals surface area contributed by atoms with Crippen LogP contribution >= 0.6 is 0 Å². The highest BCUT2D eigenvalue weighted by molar-refractivity contribution is 5.92. The van der Waals surface area contributed by atoms with Gasteiger partial charge in [0.1, 0.15) is 18.0 Å². The normalized spacial score (nSPS) is 10.3. The lowest BCUT2D eigenvalue weighted by Crippen LogP contribution is -2.09. The number of hydrogen-bond donors (Lipinski definition) is 2. The van der Waals surface area contributed by atoms with Gasteiger partial charge in [-0.1, -0.05) is 0 Å². The number of nitrogens with one attached hydrogen (secondary N) is 2. The number of nitriles is 1. The number of rotatable bonds is 4. The smallest absolute Gasteiger partial charge is 0.238 e. The summed E-state index contributed by atoms with van der Waals surface area (Å²) in [5.41, 5.74) is 3.29. The van der Waals surface area contributed by atoms with Gasteiger partial charge < -0.3 is 15.0 Å². The number of ether oxygens (including phenoxy) is 1. The van der Waals surface area contributed by atoms with E-state index < -0.39 is 0 Å². The zero-order valence-electron chi connectivity index (χ0n) is 12.5. The highest BCUT2D eigenvalue weighted by atomic mass is 16.5. The van der Waals surface area contributed by atoms with Gasteiger partial charge in [-0.3, -0.25) is 4.79 Å². The first-order valence-corrected chi connectivity index (χ1v) is 7.00. The summed E-state index contributed by atoms with van der Waals surface area (Å²) in [6, 6.07) is 14.7. The topological polar surface area (TPSA) is 90.8 Å². The number of anilines is 1. The second-order valence-corrected chi connectivity index (χ2v) is 4.93. The molecule has 3 aromatic rings. The third-order valence-electron chi connectivity index (χ3n) is 3.37. The summed E-state index contributed by atoms with van der Waals surface area (Å²) >= 11 is 0. The number of aromatic nitrogens is 2. The van der Waals surface area contributed by atoms with E-state index in [2.05, 4.69) is 15.3 Å². The van der Waals surface area contributed by atoms with Crippen LogP contribution < -0.4 is 10.1 Å². The van der Waals surface area contributed by atoms with Crippen molar-refractivity contribution in [2.24, 2.45) is 0 Å². The van der Waals surface area contributed by atoms with Crippen molar-refractivity contribution >= 4 is 22.6 Å². The lowest BCUT2D eigenvalue weighted by molar-refractivity contribution is -0.115. The van der Waals surface area contributed by atoms with Crippen LogP contribution in [0.15, 0.2) is 42.5 Å². The summed E-state index contributed by atoms with van der Waals surface area (Å²) in [7, 11) is 1.62. The molecule has 0 unspecified atom stereocenters. The summed E-state index contributed by atoms with van der Waals surface area (Å²) in [6.07, 6.45) is -0.160. The van der Waals surface area contributed by atoms with Gasteiger partial charge in [-0.25, -0.2) is 4.98 Å². The first-order valence-electron chi connectivity index (χ1n) is 7.00. The van der Waals surface area contributed by atoms with E-state index >= 15 is 0 Å². The van der Waals surface area contributed by atoms with Crippen LogP contribution in [-0.4, -0.2) is 23.0 Å². The van der Waals surface area contributed by atoms with Gasteiger partial charge in [-0.05, 0) is 36.4 Å². The molecule has 0 saturated carbocycles. The molecule has 114 valence electrons. The maximum absolute atomic E-state index is 11.4. The SMILES string of the molecule is COc1ccc2nc(-c3ccc(NC(=O)CC#N)cc3)[nH]c2c1. The average molecular weight is 306 g/mol. The number of carbonyl (C=O) groups excluding carboxylic acids is 1. The molecular formula is C17H14N4O2. The number of carbonyl (C=O) groups is 1. The van der Waals surface area contributed by atoms with Crippen LogP contribution in [0.25, 0.3) is 22.4 Å². The number of imidazole rings is 1. The number of nitrogens with zero attached hydrogens (tertiary/aromatic N) is 2. The predicted molar refractivity (Wildman–Crippen MR) is 86.9 cm³/mol. The predicted octanol–water partition coefficient (Wildman–Crippen LogP) is 3.09. The lowest BCUT2D eigenvalue weighted by Gasteiger charge is -2.03. The van der Waals surface area contributed by atoms with E-state index in [1.165, 1.54) is 0 Å². The van der Waals surface area contributed by atoms with Crippen molar-refractivity contribution in [1.82, 2.24) is 9.97 Å². The number of H-pyrrole nitrogens is 1. The van der Waals surface area contributed by atoms with E-state index in [0.29, 0.717) is 5.69 Å². The van der Waals surface area contributed by atoms with Crippen LogP contribution in [0.1, 0.15) is 6.42 Å². The van der Waals surface area contributed by atoms with Crippen molar-refractivity contribution in [3.63, 3.8) is 0 Å². The molecule has 0 fully saturated rings. The lowest BCUT2D eigenvalue weighted by atomic mass is 10.2. The number of hydrogen-bond acceptors (Lipinski definition) is 4. The molecule has 1 heterocycles. The first-order chi connectivity index (χ1) is 11.2. The zero-order chi connectivity index (χ0) is 16.2. The molecule has 23 heavy (non-hydrogen) atoms. The molecule has 1 aromatic heterocycles. The van der Waals surface area contributed by atoms with Crippen LogP contribution in [0.4, 0.5) is 5.69 Å². The molecule has 6 nitrogen and oxygen atoms in total. The molecule has 1 amide bonds. The number of aromatic amines is 1. The molecule has 0 aliphatic carbocycles. The van der Waals surface area contributed by atoms with Crippen LogP contribution in [0.2, 0.25) is 0 Å². The summed E-state index contributed by atoms with van der Waals surface area (Å²) in [5, 5.41) is 11.1.